The molecule has 0 saturated heterocycles. The highest BCUT2D eigenvalue weighted by molar-refractivity contribution is 6.01. The molecule has 2 aromatic rings. The number of nitrogens with one attached hydrogen (secondary N) is 2. The molecule has 2 amide bonds. The summed E-state index contributed by atoms with van der Waals surface area (Å²) in [6.07, 6.45) is 3.33. The highest BCUT2D eigenvalue weighted by Gasteiger charge is 2.12. The van der Waals surface area contributed by atoms with Gasteiger partial charge in [0.05, 0.1) is 18.4 Å². The van der Waals surface area contributed by atoms with E-state index in [0.717, 1.165) is 5.56 Å². The van der Waals surface area contributed by atoms with Gasteiger partial charge in [0, 0.05) is 6.20 Å². The molecule has 118 valence electrons. The lowest BCUT2D eigenvalue weighted by Gasteiger charge is -2.09. The maximum Gasteiger partial charge on any atom is 0.339 e. The van der Waals surface area contributed by atoms with Gasteiger partial charge < -0.3 is 15.4 Å². The summed E-state index contributed by atoms with van der Waals surface area (Å²) in [7, 11) is 1.30. The molecule has 2 aromatic carbocycles. The summed E-state index contributed by atoms with van der Waals surface area (Å²) in [6, 6.07) is 14.1. The van der Waals surface area contributed by atoms with Gasteiger partial charge in [0.1, 0.15) is 0 Å². The largest absolute Gasteiger partial charge is 0.465 e. The Morgan fingerprint density at radius 2 is 1.74 bits per heavy atom. The summed E-state index contributed by atoms with van der Waals surface area (Å²) in [5.74, 6) is -0.504. The molecule has 0 radical (unpaired) electrons. The molecule has 2 rings (SSSR count). The number of hydrogen-bond donors (Lipinski definition) is 2. The second-order valence-corrected chi connectivity index (χ2v) is 4.88. The SMILES string of the molecule is COC(=O)c1ccccc1NC(=O)N/C=C/c1ccc(C)cc1. The highest BCUT2D eigenvalue weighted by Crippen LogP contribution is 2.15. The van der Waals surface area contributed by atoms with Gasteiger partial charge in [-0.2, -0.15) is 0 Å². The highest BCUT2D eigenvalue weighted by atomic mass is 16.5. The molecule has 0 fully saturated rings. The third-order valence-electron chi connectivity index (χ3n) is 3.15. The predicted molar refractivity (Wildman–Crippen MR) is 90.1 cm³/mol. The molecule has 5 heteroatoms. The van der Waals surface area contributed by atoms with Crippen LogP contribution in [-0.2, 0) is 4.74 Å². The monoisotopic (exact) mass is 310 g/mol. The van der Waals surface area contributed by atoms with Crippen molar-refractivity contribution in [3.05, 3.63) is 71.4 Å². The normalized spacial score (nSPS) is 10.3. The van der Waals surface area contributed by atoms with Gasteiger partial charge in [-0.05, 0) is 30.7 Å². The fourth-order valence-electron chi connectivity index (χ4n) is 1.93. The molecule has 0 heterocycles. The lowest BCUT2D eigenvalue weighted by atomic mass is 10.1. The maximum atomic E-state index is 11.9. The Morgan fingerprint density at radius 1 is 1.04 bits per heavy atom. The number of urea groups is 1. The first-order chi connectivity index (χ1) is 11.1. The summed E-state index contributed by atoms with van der Waals surface area (Å²) < 4.78 is 4.68. The van der Waals surface area contributed by atoms with Crippen LogP contribution in [0.4, 0.5) is 10.5 Å². The number of aryl methyl sites for hydroxylation is 1. The molecular formula is C18H18N2O3. The Morgan fingerprint density at radius 3 is 2.43 bits per heavy atom. The molecule has 0 atom stereocenters. The lowest BCUT2D eigenvalue weighted by molar-refractivity contribution is 0.0602. The summed E-state index contributed by atoms with van der Waals surface area (Å²) in [5.41, 5.74) is 2.84. The van der Waals surface area contributed by atoms with E-state index >= 15 is 0 Å². The molecule has 0 unspecified atom stereocenters. The first-order valence-corrected chi connectivity index (χ1v) is 7.08. The Bertz CT molecular complexity index is 721. The average molecular weight is 310 g/mol. The number of benzene rings is 2. The van der Waals surface area contributed by atoms with Gasteiger partial charge in [0.2, 0.25) is 0 Å². The van der Waals surface area contributed by atoms with Crippen LogP contribution in [0.5, 0.6) is 0 Å². The van der Waals surface area contributed by atoms with Crippen LogP contribution in [0, 0.1) is 6.92 Å². The van der Waals surface area contributed by atoms with Crippen LogP contribution in [0.2, 0.25) is 0 Å². The molecule has 5 nitrogen and oxygen atoms in total. The summed E-state index contributed by atoms with van der Waals surface area (Å²) in [5, 5.41) is 5.21. The Balaban J connectivity index is 1.97. The molecular weight excluding hydrogens is 292 g/mol. The molecule has 0 aliphatic carbocycles. The number of carbonyl (C=O) groups is 2. The molecule has 0 bridgehead atoms. The minimum absolute atomic E-state index is 0.299. The van der Waals surface area contributed by atoms with E-state index in [1.54, 1.807) is 36.5 Å². The number of hydrogen-bond acceptors (Lipinski definition) is 3. The standard InChI is InChI=1S/C18H18N2O3/c1-13-7-9-14(10-8-13)11-12-19-18(22)20-16-6-4-3-5-15(16)17(21)23-2/h3-12H,1-2H3,(H2,19,20,22)/b12-11+. The number of carbonyl (C=O) groups excluding carboxylic acids is 2. The van der Waals surface area contributed by atoms with E-state index < -0.39 is 12.0 Å². The summed E-state index contributed by atoms with van der Waals surface area (Å²) in [4.78, 5) is 23.5. The van der Waals surface area contributed by atoms with E-state index in [2.05, 4.69) is 15.4 Å². The minimum atomic E-state index is -0.504. The van der Waals surface area contributed by atoms with Crippen LogP contribution in [-0.4, -0.2) is 19.1 Å². The van der Waals surface area contributed by atoms with Crippen molar-refractivity contribution in [1.82, 2.24) is 5.32 Å². The van der Waals surface area contributed by atoms with Crippen molar-refractivity contribution in [1.29, 1.82) is 0 Å². The number of anilines is 1. The number of esters is 1. The van der Waals surface area contributed by atoms with Crippen LogP contribution in [0.1, 0.15) is 21.5 Å². The van der Waals surface area contributed by atoms with Gasteiger partial charge in [-0.1, -0.05) is 42.0 Å². The van der Waals surface area contributed by atoms with Crippen LogP contribution >= 0.6 is 0 Å². The lowest BCUT2D eigenvalue weighted by Crippen LogP contribution is -2.25. The van der Waals surface area contributed by atoms with Crippen molar-refractivity contribution >= 4 is 23.8 Å². The second kappa shape index (κ2) is 7.79. The maximum absolute atomic E-state index is 11.9. The zero-order chi connectivity index (χ0) is 16.7. The van der Waals surface area contributed by atoms with Gasteiger partial charge in [0.25, 0.3) is 0 Å². The molecule has 23 heavy (non-hydrogen) atoms. The summed E-state index contributed by atoms with van der Waals surface area (Å²) >= 11 is 0. The van der Waals surface area contributed by atoms with Gasteiger partial charge in [-0.15, -0.1) is 0 Å². The van der Waals surface area contributed by atoms with Crippen molar-refractivity contribution in [3.8, 4) is 0 Å². The number of para-hydroxylation sites is 1. The molecule has 0 aliphatic rings. The fraction of sp³-hybridized carbons (Fsp3) is 0.111. The molecule has 0 spiro atoms. The van der Waals surface area contributed by atoms with Crippen LogP contribution in [0.3, 0.4) is 0 Å². The first-order valence-electron chi connectivity index (χ1n) is 7.08. The quantitative estimate of drug-likeness (QED) is 0.848. The Labute approximate surface area is 135 Å². The van der Waals surface area contributed by atoms with E-state index in [-0.39, 0.29) is 0 Å². The topological polar surface area (TPSA) is 67.4 Å². The van der Waals surface area contributed by atoms with Crippen LogP contribution in [0.15, 0.2) is 54.7 Å². The number of rotatable bonds is 4. The third-order valence-corrected chi connectivity index (χ3v) is 3.15. The van der Waals surface area contributed by atoms with Crippen molar-refractivity contribution in [2.45, 2.75) is 6.92 Å². The van der Waals surface area contributed by atoms with Crippen molar-refractivity contribution < 1.29 is 14.3 Å². The predicted octanol–water partition coefficient (Wildman–Crippen LogP) is 3.57. The van der Waals surface area contributed by atoms with E-state index in [9.17, 15) is 9.59 Å². The molecule has 0 aliphatic heterocycles. The number of amides is 2. The third kappa shape index (κ3) is 4.71. The first kappa shape index (κ1) is 16.3. The van der Waals surface area contributed by atoms with Gasteiger partial charge >= 0.3 is 12.0 Å². The van der Waals surface area contributed by atoms with Gasteiger partial charge in [-0.25, -0.2) is 9.59 Å². The second-order valence-electron chi connectivity index (χ2n) is 4.88. The van der Waals surface area contributed by atoms with Gasteiger partial charge in [-0.3, -0.25) is 0 Å². The van der Waals surface area contributed by atoms with Gasteiger partial charge in [0.15, 0.2) is 0 Å². The molecule has 0 aromatic heterocycles. The Kier molecular flexibility index (Phi) is 5.52. The minimum Gasteiger partial charge on any atom is -0.465 e. The zero-order valence-electron chi connectivity index (χ0n) is 13.0. The average Bonchev–Trinajstić information content (AvgIpc) is 2.56. The van der Waals surface area contributed by atoms with E-state index in [4.69, 9.17) is 0 Å². The fourth-order valence-corrected chi connectivity index (χ4v) is 1.93. The van der Waals surface area contributed by atoms with Crippen molar-refractivity contribution in [2.24, 2.45) is 0 Å². The van der Waals surface area contributed by atoms with E-state index in [0.29, 0.717) is 11.3 Å². The smallest absolute Gasteiger partial charge is 0.339 e. The van der Waals surface area contributed by atoms with Crippen LogP contribution < -0.4 is 10.6 Å². The summed E-state index contributed by atoms with van der Waals surface area (Å²) in [6.45, 7) is 2.01. The van der Waals surface area contributed by atoms with Crippen molar-refractivity contribution in [2.75, 3.05) is 12.4 Å². The van der Waals surface area contributed by atoms with E-state index in [1.807, 2.05) is 31.2 Å². The Hall–Kier alpha value is -3.08. The zero-order valence-corrected chi connectivity index (χ0v) is 13.0. The number of ether oxygens (including phenoxy) is 1. The van der Waals surface area contributed by atoms with Crippen LogP contribution in [0.25, 0.3) is 6.08 Å². The van der Waals surface area contributed by atoms with E-state index in [1.165, 1.54) is 12.7 Å². The molecule has 2 N–H and O–H groups in total. The van der Waals surface area contributed by atoms with Crippen molar-refractivity contribution in [3.63, 3.8) is 0 Å². The number of methoxy groups -OCH3 is 1. The molecule has 0 saturated carbocycles.